The fraction of sp³-hybridized carbons (Fsp3) is 0.280. The number of carbonyl (C=O) groups excluding carboxylic acids is 1. The summed E-state index contributed by atoms with van der Waals surface area (Å²) in [6.07, 6.45) is 5.01. The van der Waals surface area contributed by atoms with E-state index in [1.54, 1.807) is 6.92 Å². The number of aromatic nitrogens is 1. The molecular weight excluding hydrogens is 396 g/mol. The summed E-state index contributed by atoms with van der Waals surface area (Å²) in [6.45, 7) is 6.51. The molecule has 0 bridgehead atoms. The number of nitrogens with one attached hydrogen (secondary N) is 1. The fourth-order valence-corrected chi connectivity index (χ4v) is 3.61. The van der Waals surface area contributed by atoms with Gasteiger partial charge in [-0.2, -0.15) is 0 Å². The van der Waals surface area contributed by atoms with Gasteiger partial charge in [0.15, 0.2) is 0 Å². The van der Waals surface area contributed by atoms with Crippen molar-refractivity contribution < 1.29 is 9.32 Å². The monoisotopic (exact) mass is 422 g/mol. The van der Waals surface area contributed by atoms with Crippen LogP contribution in [0.2, 0.25) is 5.02 Å². The Morgan fingerprint density at radius 2 is 1.93 bits per heavy atom. The minimum Gasteiger partial charge on any atom is -0.360 e. The van der Waals surface area contributed by atoms with Crippen LogP contribution in [0.5, 0.6) is 0 Å². The first kappa shape index (κ1) is 21.8. The molecule has 0 unspecified atom stereocenters. The predicted molar refractivity (Wildman–Crippen MR) is 123 cm³/mol. The Morgan fingerprint density at radius 1 is 1.17 bits per heavy atom. The number of nitrogens with zero attached hydrogens (tertiary/aromatic N) is 1. The molecule has 0 radical (unpaired) electrons. The van der Waals surface area contributed by atoms with Crippen LogP contribution in [0, 0.1) is 13.8 Å². The van der Waals surface area contributed by atoms with E-state index in [0.29, 0.717) is 23.6 Å². The van der Waals surface area contributed by atoms with Gasteiger partial charge in [0, 0.05) is 17.1 Å². The molecule has 1 amide bonds. The van der Waals surface area contributed by atoms with Crippen molar-refractivity contribution in [2.75, 3.05) is 6.54 Å². The molecule has 1 N–H and O–H groups in total. The molecule has 1 aromatic heterocycles. The van der Waals surface area contributed by atoms with Crippen LogP contribution in [0.1, 0.15) is 53.4 Å². The number of carbonyl (C=O) groups is 1. The average molecular weight is 423 g/mol. The molecule has 0 spiro atoms. The molecule has 0 saturated carbocycles. The SMILES string of the molecule is CCC/C=C(/CCNC(=O)c1c(-c2ccccc2)noc1C)c1cc(Cl)ccc1C. The van der Waals surface area contributed by atoms with Gasteiger partial charge in [0.1, 0.15) is 17.0 Å². The lowest BCUT2D eigenvalue weighted by molar-refractivity contribution is 0.0953. The quantitative estimate of drug-likeness (QED) is 0.444. The lowest BCUT2D eigenvalue weighted by Crippen LogP contribution is -2.25. The van der Waals surface area contributed by atoms with E-state index < -0.39 is 0 Å². The predicted octanol–water partition coefficient (Wildman–Crippen LogP) is 6.62. The van der Waals surface area contributed by atoms with Crippen LogP contribution in [0.25, 0.3) is 16.8 Å². The second kappa shape index (κ2) is 10.3. The molecule has 156 valence electrons. The van der Waals surface area contributed by atoms with Crippen molar-refractivity contribution in [1.29, 1.82) is 0 Å². The number of amides is 1. The molecule has 1 heterocycles. The topological polar surface area (TPSA) is 55.1 Å². The van der Waals surface area contributed by atoms with Crippen LogP contribution >= 0.6 is 11.6 Å². The zero-order valence-electron chi connectivity index (χ0n) is 17.7. The summed E-state index contributed by atoms with van der Waals surface area (Å²) in [5.41, 5.74) is 5.42. The minimum atomic E-state index is -0.176. The maximum absolute atomic E-state index is 12.9. The number of unbranched alkanes of at least 4 members (excludes halogenated alkanes) is 1. The summed E-state index contributed by atoms with van der Waals surface area (Å²) in [7, 11) is 0. The molecule has 0 atom stereocenters. The molecule has 3 aromatic rings. The Labute approximate surface area is 182 Å². The van der Waals surface area contributed by atoms with Crippen molar-refractivity contribution in [1.82, 2.24) is 10.5 Å². The number of hydrogen-bond donors (Lipinski definition) is 1. The van der Waals surface area contributed by atoms with Crippen LogP contribution in [-0.4, -0.2) is 17.6 Å². The maximum Gasteiger partial charge on any atom is 0.257 e. The molecule has 30 heavy (non-hydrogen) atoms. The third-order valence-electron chi connectivity index (χ3n) is 5.04. The van der Waals surface area contributed by atoms with Crippen LogP contribution in [-0.2, 0) is 0 Å². The Morgan fingerprint density at radius 3 is 2.67 bits per heavy atom. The molecule has 0 aliphatic rings. The molecule has 0 fully saturated rings. The van der Waals surface area contributed by atoms with Gasteiger partial charge in [0.05, 0.1) is 0 Å². The molecule has 0 aliphatic heterocycles. The summed E-state index contributed by atoms with van der Waals surface area (Å²) in [5, 5.41) is 7.85. The molecule has 0 saturated heterocycles. The summed E-state index contributed by atoms with van der Waals surface area (Å²) in [4.78, 5) is 12.9. The molecular formula is C25H27ClN2O2. The van der Waals surface area contributed by atoms with Crippen molar-refractivity contribution in [3.63, 3.8) is 0 Å². The first-order valence-electron chi connectivity index (χ1n) is 10.3. The Bertz CT molecular complexity index is 1040. The highest BCUT2D eigenvalue weighted by Crippen LogP contribution is 2.27. The lowest BCUT2D eigenvalue weighted by Gasteiger charge is -2.13. The highest BCUT2D eigenvalue weighted by molar-refractivity contribution is 6.30. The van der Waals surface area contributed by atoms with E-state index in [4.69, 9.17) is 16.1 Å². The zero-order valence-corrected chi connectivity index (χ0v) is 18.4. The van der Waals surface area contributed by atoms with Gasteiger partial charge >= 0.3 is 0 Å². The van der Waals surface area contributed by atoms with Crippen molar-refractivity contribution in [2.24, 2.45) is 0 Å². The van der Waals surface area contributed by atoms with E-state index in [1.807, 2.05) is 48.5 Å². The molecule has 3 rings (SSSR count). The first-order valence-corrected chi connectivity index (χ1v) is 10.6. The van der Waals surface area contributed by atoms with E-state index in [1.165, 1.54) is 11.1 Å². The van der Waals surface area contributed by atoms with Gasteiger partial charge in [-0.1, -0.05) is 72.6 Å². The normalized spacial score (nSPS) is 11.5. The average Bonchev–Trinajstić information content (AvgIpc) is 3.14. The molecule has 5 heteroatoms. The second-order valence-electron chi connectivity index (χ2n) is 7.31. The van der Waals surface area contributed by atoms with Crippen LogP contribution in [0.15, 0.2) is 59.1 Å². The molecule has 0 aliphatic carbocycles. The third kappa shape index (κ3) is 5.19. The van der Waals surface area contributed by atoms with Gasteiger partial charge in [0.2, 0.25) is 0 Å². The van der Waals surface area contributed by atoms with Crippen molar-refractivity contribution in [2.45, 2.75) is 40.0 Å². The number of rotatable bonds is 8. The lowest BCUT2D eigenvalue weighted by atomic mass is 9.96. The van der Waals surface area contributed by atoms with Crippen LogP contribution < -0.4 is 5.32 Å². The van der Waals surface area contributed by atoms with Gasteiger partial charge in [-0.3, -0.25) is 4.79 Å². The number of allylic oxidation sites excluding steroid dienone is 1. The van der Waals surface area contributed by atoms with E-state index >= 15 is 0 Å². The summed E-state index contributed by atoms with van der Waals surface area (Å²) in [5.74, 6) is 0.337. The summed E-state index contributed by atoms with van der Waals surface area (Å²) >= 11 is 6.23. The van der Waals surface area contributed by atoms with Gasteiger partial charge in [-0.25, -0.2) is 0 Å². The van der Waals surface area contributed by atoms with Gasteiger partial charge in [0.25, 0.3) is 5.91 Å². The highest BCUT2D eigenvalue weighted by atomic mass is 35.5. The van der Waals surface area contributed by atoms with E-state index in [-0.39, 0.29) is 5.91 Å². The first-order chi connectivity index (χ1) is 14.5. The highest BCUT2D eigenvalue weighted by Gasteiger charge is 2.21. The van der Waals surface area contributed by atoms with Gasteiger partial charge in [-0.05, 0) is 55.5 Å². The molecule has 4 nitrogen and oxygen atoms in total. The van der Waals surface area contributed by atoms with E-state index in [0.717, 1.165) is 35.4 Å². The third-order valence-corrected chi connectivity index (χ3v) is 5.28. The Balaban J connectivity index is 1.74. The molecule has 2 aromatic carbocycles. The number of benzene rings is 2. The summed E-state index contributed by atoms with van der Waals surface area (Å²) < 4.78 is 5.31. The smallest absolute Gasteiger partial charge is 0.257 e. The van der Waals surface area contributed by atoms with Crippen molar-refractivity contribution in [3.8, 4) is 11.3 Å². The van der Waals surface area contributed by atoms with Crippen molar-refractivity contribution in [3.05, 3.63) is 82.1 Å². The largest absolute Gasteiger partial charge is 0.360 e. The van der Waals surface area contributed by atoms with E-state index in [2.05, 4.69) is 30.4 Å². The van der Waals surface area contributed by atoms with Crippen LogP contribution in [0.3, 0.4) is 0 Å². The second-order valence-corrected chi connectivity index (χ2v) is 7.75. The maximum atomic E-state index is 12.9. The Kier molecular flexibility index (Phi) is 7.47. The summed E-state index contributed by atoms with van der Waals surface area (Å²) in [6, 6.07) is 15.5. The number of halogens is 1. The standard InChI is InChI=1S/C25H27ClN2O2/c1-4-5-9-19(22-16-21(26)13-12-17(22)2)14-15-27-25(29)23-18(3)30-28-24(23)20-10-7-6-8-11-20/h6-13,16H,4-5,14-15H2,1-3H3,(H,27,29)/b19-9-. The van der Waals surface area contributed by atoms with Crippen LogP contribution in [0.4, 0.5) is 0 Å². The van der Waals surface area contributed by atoms with Crippen molar-refractivity contribution >= 4 is 23.1 Å². The van der Waals surface area contributed by atoms with Gasteiger partial charge in [-0.15, -0.1) is 0 Å². The Hall–Kier alpha value is -2.85. The van der Waals surface area contributed by atoms with E-state index in [9.17, 15) is 4.79 Å². The zero-order chi connectivity index (χ0) is 21.5. The fourth-order valence-electron chi connectivity index (χ4n) is 3.44. The number of aryl methyl sites for hydroxylation is 2. The number of hydrogen-bond acceptors (Lipinski definition) is 3. The van der Waals surface area contributed by atoms with Gasteiger partial charge < -0.3 is 9.84 Å². The minimum absolute atomic E-state index is 0.176.